The molecule has 0 fully saturated rings. The Bertz CT molecular complexity index is 313. The van der Waals surface area contributed by atoms with Crippen LogP contribution in [0.5, 0.6) is 0 Å². The molecular weight excluding hydrogens is 230 g/mol. The van der Waals surface area contributed by atoms with Crippen molar-refractivity contribution in [3.8, 4) is 0 Å². The van der Waals surface area contributed by atoms with E-state index in [-0.39, 0.29) is 5.78 Å². The summed E-state index contributed by atoms with van der Waals surface area (Å²) in [5.74, 6) is 0.170. The van der Waals surface area contributed by atoms with Gasteiger partial charge in [0, 0.05) is 13.0 Å². The predicted octanol–water partition coefficient (Wildman–Crippen LogP) is 3.22. The summed E-state index contributed by atoms with van der Waals surface area (Å²) in [6.45, 7) is 9.62. The number of nitrogens with one attached hydrogen (secondary N) is 1. The van der Waals surface area contributed by atoms with Gasteiger partial charge in [-0.15, -0.1) is 0 Å². The molecule has 1 amide bonds. The molecule has 0 aromatic carbocycles. The van der Waals surface area contributed by atoms with E-state index in [1.165, 1.54) is 0 Å². The third-order valence-corrected chi connectivity index (χ3v) is 2.18. The summed E-state index contributed by atoms with van der Waals surface area (Å²) in [6.07, 6.45) is 3.70. The van der Waals surface area contributed by atoms with Gasteiger partial charge in [-0.2, -0.15) is 0 Å². The van der Waals surface area contributed by atoms with Crippen LogP contribution in [0.25, 0.3) is 0 Å². The average molecular weight is 255 g/mol. The van der Waals surface area contributed by atoms with Crippen molar-refractivity contribution in [1.82, 2.24) is 5.32 Å². The van der Waals surface area contributed by atoms with Crippen molar-refractivity contribution in [2.45, 2.75) is 59.5 Å². The first-order valence-corrected chi connectivity index (χ1v) is 6.38. The first kappa shape index (κ1) is 16.7. The van der Waals surface area contributed by atoms with Crippen molar-refractivity contribution < 1.29 is 14.3 Å². The van der Waals surface area contributed by atoms with E-state index in [4.69, 9.17) is 4.74 Å². The molecule has 0 heterocycles. The topological polar surface area (TPSA) is 55.4 Å². The number of hydrogen-bond donors (Lipinski definition) is 1. The predicted molar refractivity (Wildman–Crippen MR) is 72.5 cm³/mol. The summed E-state index contributed by atoms with van der Waals surface area (Å²) in [6, 6.07) is 0. The molecule has 0 atom stereocenters. The number of ketones is 1. The molecule has 0 aliphatic carbocycles. The van der Waals surface area contributed by atoms with Crippen molar-refractivity contribution in [2.24, 2.45) is 0 Å². The Morgan fingerprint density at radius 3 is 2.33 bits per heavy atom. The van der Waals surface area contributed by atoms with E-state index in [0.717, 1.165) is 18.4 Å². The monoisotopic (exact) mass is 255 g/mol. The molecule has 0 saturated carbocycles. The highest BCUT2D eigenvalue weighted by Gasteiger charge is 2.15. The summed E-state index contributed by atoms with van der Waals surface area (Å²) in [5.41, 5.74) is 0.650. The molecule has 0 unspecified atom stereocenters. The van der Waals surface area contributed by atoms with E-state index < -0.39 is 11.7 Å². The number of carbonyl (C=O) groups excluding carboxylic acids is 2. The zero-order valence-corrected chi connectivity index (χ0v) is 12.1. The molecule has 104 valence electrons. The van der Waals surface area contributed by atoms with Crippen LogP contribution in [0, 0.1) is 0 Å². The number of ether oxygens (including phenoxy) is 1. The minimum atomic E-state index is -0.469. The molecule has 1 N–H and O–H groups in total. The van der Waals surface area contributed by atoms with Gasteiger partial charge >= 0.3 is 6.09 Å². The fourth-order valence-electron chi connectivity index (χ4n) is 1.43. The number of amides is 1. The van der Waals surface area contributed by atoms with Crippen LogP contribution in [0.3, 0.4) is 0 Å². The molecule has 0 aliphatic heterocycles. The van der Waals surface area contributed by atoms with Crippen LogP contribution in [-0.4, -0.2) is 24.0 Å². The van der Waals surface area contributed by atoms with Crippen LogP contribution in [0.1, 0.15) is 53.9 Å². The zero-order valence-electron chi connectivity index (χ0n) is 12.1. The number of allylic oxidation sites excluding steroid dienone is 1. The second-order valence-corrected chi connectivity index (χ2v) is 5.31. The molecule has 0 aromatic heterocycles. The molecule has 0 bridgehead atoms. The Kier molecular flexibility index (Phi) is 7.32. The van der Waals surface area contributed by atoms with E-state index in [1.54, 1.807) is 6.92 Å². The Balaban J connectivity index is 3.93. The molecule has 0 radical (unpaired) electrons. The summed E-state index contributed by atoms with van der Waals surface area (Å²) in [7, 11) is 0. The first-order chi connectivity index (χ1) is 8.24. The molecule has 4 nitrogen and oxygen atoms in total. The largest absolute Gasteiger partial charge is 0.444 e. The lowest BCUT2D eigenvalue weighted by Crippen LogP contribution is -2.32. The number of hydrogen-bond acceptors (Lipinski definition) is 3. The summed E-state index contributed by atoms with van der Waals surface area (Å²) in [5, 5.41) is 2.68. The normalized spacial score (nSPS) is 12.2. The molecule has 0 aromatic rings. The van der Waals surface area contributed by atoms with Gasteiger partial charge in [0.25, 0.3) is 0 Å². The highest BCUT2D eigenvalue weighted by Crippen LogP contribution is 2.08. The van der Waals surface area contributed by atoms with Crippen molar-refractivity contribution in [3.63, 3.8) is 0 Å². The lowest BCUT2D eigenvalue weighted by Gasteiger charge is -2.19. The molecule has 0 aliphatic rings. The van der Waals surface area contributed by atoms with Gasteiger partial charge in [-0.3, -0.25) is 4.79 Å². The van der Waals surface area contributed by atoms with Gasteiger partial charge in [-0.1, -0.05) is 18.6 Å². The van der Waals surface area contributed by atoms with Crippen LogP contribution >= 0.6 is 0 Å². The third-order valence-electron chi connectivity index (χ3n) is 2.18. The fourth-order valence-corrected chi connectivity index (χ4v) is 1.43. The second-order valence-electron chi connectivity index (χ2n) is 5.31. The maximum Gasteiger partial charge on any atom is 0.407 e. The summed E-state index contributed by atoms with van der Waals surface area (Å²) < 4.78 is 5.11. The zero-order chi connectivity index (χ0) is 14.2. The Morgan fingerprint density at radius 2 is 1.89 bits per heavy atom. The SMILES string of the molecule is CCC(=CCCNC(=O)OC(C)(C)C)CC(C)=O. The molecule has 0 saturated heterocycles. The molecule has 4 heteroatoms. The van der Waals surface area contributed by atoms with Gasteiger partial charge in [0.05, 0.1) is 0 Å². The van der Waals surface area contributed by atoms with Crippen LogP contribution in [-0.2, 0) is 9.53 Å². The lowest BCUT2D eigenvalue weighted by molar-refractivity contribution is -0.116. The summed E-state index contributed by atoms with van der Waals surface area (Å²) >= 11 is 0. The average Bonchev–Trinajstić information content (AvgIpc) is 2.19. The van der Waals surface area contributed by atoms with Gasteiger partial charge in [0.15, 0.2) is 0 Å². The van der Waals surface area contributed by atoms with Crippen molar-refractivity contribution in [1.29, 1.82) is 0 Å². The highest BCUT2D eigenvalue weighted by atomic mass is 16.6. The second kappa shape index (κ2) is 7.90. The van der Waals surface area contributed by atoms with Gasteiger partial charge in [-0.25, -0.2) is 4.79 Å². The van der Waals surface area contributed by atoms with E-state index in [2.05, 4.69) is 5.32 Å². The van der Waals surface area contributed by atoms with E-state index in [0.29, 0.717) is 13.0 Å². The fraction of sp³-hybridized carbons (Fsp3) is 0.714. The van der Waals surface area contributed by atoms with E-state index >= 15 is 0 Å². The van der Waals surface area contributed by atoms with Crippen molar-refractivity contribution in [3.05, 3.63) is 11.6 Å². The van der Waals surface area contributed by atoms with Crippen LogP contribution < -0.4 is 5.32 Å². The first-order valence-electron chi connectivity index (χ1n) is 6.38. The lowest BCUT2D eigenvalue weighted by atomic mass is 10.1. The van der Waals surface area contributed by atoms with Gasteiger partial charge in [0.2, 0.25) is 0 Å². The van der Waals surface area contributed by atoms with Crippen LogP contribution in [0.4, 0.5) is 4.79 Å². The number of carbonyl (C=O) groups is 2. The Morgan fingerprint density at radius 1 is 1.28 bits per heavy atom. The van der Waals surface area contributed by atoms with Crippen LogP contribution in [0.2, 0.25) is 0 Å². The van der Waals surface area contributed by atoms with Crippen molar-refractivity contribution >= 4 is 11.9 Å². The number of alkyl carbamates (subject to hydrolysis) is 1. The smallest absolute Gasteiger partial charge is 0.407 e. The summed E-state index contributed by atoms with van der Waals surface area (Å²) in [4.78, 5) is 22.3. The standard InChI is InChI=1S/C14H25NO3/c1-6-12(10-11(2)16)8-7-9-15-13(17)18-14(3,4)5/h8H,6-7,9-10H2,1-5H3,(H,15,17). The minimum absolute atomic E-state index is 0.170. The number of Topliss-reactive ketones (excluding diaryl/α,β-unsaturated/α-hetero) is 1. The van der Waals surface area contributed by atoms with Gasteiger partial charge in [0.1, 0.15) is 11.4 Å². The van der Waals surface area contributed by atoms with Crippen LogP contribution in [0.15, 0.2) is 11.6 Å². The van der Waals surface area contributed by atoms with E-state index in [9.17, 15) is 9.59 Å². The van der Waals surface area contributed by atoms with E-state index in [1.807, 2.05) is 33.8 Å². The molecule has 18 heavy (non-hydrogen) atoms. The molecule has 0 spiro atoms. The number of rotatable bonds is 6. The minimum Gasteiger partial charge on any atom is -0.444 e. The Hall–Kier alpha value is -1.32. The molecular formula is C14H25NO3. The highest BCUT2D eigenvalue weighted by molar-refractivity contribution is 5.78. The molecule has 0 rings (SSSR count). The third kappa shape index (κ3) is 9.87. The quantitative estimate of drug-likeness (QED) is 0.585. The maximum absolute atomic E-state index is 11.3. The van der Waals surface area contributed by atoms with Crippen molar-refractivity contribution in [2.75, 3.05) is 6.54 Å². The Labute approximate surface area is 110 Å². The van der Waals surface area contributed by atoms with Gasteiger partial charge < -0.3 is 10.1 Å². The maximum atomic E-state index is 11.3. The van der Waals surface area contributed by atoms with Gasteiger partial charge in [-0.05, 0) is 40.5 Å².